The number of hydrogen-bond acceptors (Lipinski definition) is 6. The molecule has 4 rings (SSSR count). The molecule has 30 heavy (non-hydrogen) atoms. The molecule has 0 radical (unpaired) electrons. The van der Waals surface area contributed by atoms with Gasteiger partial charge in [0, 0.05) is 18.5 Å². The fourth-order valence-corrected chi connectivity index (χ4v) is 3.62. The maximum absolute atomic E-state index is 12.5. The number of carbonyl (C=O) groups is 1. The number of amides is 1. The van der Waals surface area contributed by atoms with Gasteiger partial charge in [-0.1, -0.05) is 23.8 Å². The van der Waals surface area contributed by atoms with Crippen LogP contribution in [0, 0.1) is 6.92 Å². The molecule has 7 nitrogen and oxygen atoms in total. The van der Waals surface area contributed by atoms with Crippen LogP contribution in [0.15, 0.2) is 60.3 Å². The van der Waals surface area contributed by atoms with Crippen LogP contribution in [-0.2, 0) is 4.74 Å². The normalized spacial score (nSPS) is 19.0. The second-order valence-electron chi connectivity index (χ2n) is 7.66. The molecule has 2 heterocycles. The Morgan fingerprint density at radius 1 is 1.27 bits per heavy atom. The second-order valence-corrected chi connectivity index (χ2v) is 7.66. The predicted molar refractivity (Wildman–Crippen MR) is 116 cm³/mol. The zero-order chi connectivity index (χ0) is 20.9. The van der Waals surface area contributed by atoms with Gasteiger partial charge in [0.2, 0.25) is 0 Å². The van der Waals surface area contributed by atoms with E-state index in [1.807, 2.05) is 31.2 Å². The smallest absolute Gasteiger partial charge is 0.256 e. The molecule has 1 aliphatic carbocycles. The minimum absolute atomic E-state index is 0.0359. The Labute approximate surface area is 176 Å². The lowest BCUT2D eigenvalue weighted by Gasteiger charge is -2.34. The van der Waals surface area contributed by atoms with E-state index in [-0.39, 0.29) is 12.0 Å². The number of aliphatic hydroxyl groups excluding tert-OH is 1. The Hall–Kier alpha value is -3.35. The summed E-state index contributed by atoms with van der Waals surface area (Å²) in [7, 11) is 0. The Balaban J connectivity index is 1.42. The third-order valence-corrected chi connectivity index (χ3v) is 5.27. The number of rotatable bonds is 5. The standard InChI is InChI=1S/C23H26N4O3/c1-16-8-10-17(11-9-16)23(29)26-21-13-24-14-22(25-21)27-12-4-5-18(15-27)30-20-7-3-2-6-19(20)28/h3,7-11,13-14,18,28H,2,4-6,12,15H2,1H3,(H,25,26,29). The molecule has 2 N–H and O–H groups in total. The van der Waals surface area contributed by atoms with Crippen molar-refractivity contribution in [2.45, 2.75) is 38.7 Å². The highest BCUT2D eigenvalue weighted by atomic mass is 16.5. The lowest BCUT2D eigenvalue weighted by molar-refractivity contribution is 0.0972. The van der Waals surface area contributed by atoms with Gasteiger partial charge in [0.05, 0.1) is 18.9 Å². The maximum atomic E-state index is 12.5. The van der Waals surface area contributed by atoms with Gasteiger partial charge in [-0.25, -0.2) is 4.98 Å². The first-order chi connectivity index (χ1) is 14.6. The number of piperidine rings is 1. The summed E-state index contributed by atoms with van der Waals surface area (Å²) in [5, 5.41) is 12.9. The second kappa shape index (κ2) is 8.98. The van der Waals surface area contributed by atoms with E-state index < -0.39 is 0 Å². The molecule has 156 valence electrons. The van der Waals surface area contributed by atoms with Crippen molar-refractivity contribution in [1.29, 1.82) is 0 Å². The van der Waals surface area contributed by atoms with Gasteiger partial charge in [0.15, 0.2) is 11.6 Å². The molecule has 1 atom stereocenters. The van der Waals surface area contributed by atoms with E-state index in [4.69, 9.17) is 4.74 Å². The molecule has 0 spiro atoms. The van der Waals surface area contributed by atoms with Crippen molar-refractivity contribution < 1.29 is 14.6 Å². The highest BCUT2D eigenvalue weighted by molar-refractivity contribution is 6.03. The molecular weight excluding hydrogens is 380 g/mol. The molecule has 1 aliphatic heterocycles. The number of anilines is 2. The van der Waals surface area contributed by atoms with Gasteiger partial charge < -0.3 is 20.1 Å². The third kappa shape index (κ3) is 4.79. The van der Waals surface area contributed by atoms with Crippen LogP contribution in [0.5, 0.6) is 0 Å². The van der Waals surface area contributed by atoms with Crippen molar-refractivity contribution in [3.8, 4) is 0 Å². The first-order valence-electron chi connectivity index (χ1n) is 10.3. The molecule has 1 saturated heterocycles. The van der Waals surface area contributed by atoms with Crippen molar-refractivity contribution in [2.24, 2.45) is 0 Å². The average molecular weight is 406 g/mol. The van der Waals surface area contributed by atoms with E-state index in [1.54, 1.807) is 24.5 Å². The molecule has 0 bridgehead atoms. The van der Waals surface area contributed by atoms with Gasteiger partial charge in [0.25, 0.3) is 5.91 Å². The average Bonchev–Trinajstić information content (AvgIpc) is 2.76. The van der Waals surface area contributed by atoms with Gasteiger partial charge >= 0.3 is 0 Å². The number of aryl methyl sites for hydroxylation is 1. The summed E-state index contributed by atoms with van der Waals surface area (Å²) >= 11 is 0. The molecule has 2 aliphatic rings. The summed E-state index contributed by atoms with van der Waals surface area (Å²) in [5.74, 6) is 1.78. The highest BCUT2D eigenvalue weighted by Crippen LogP contribution is 2.25. The number of hydrogen-bond donors (Lipinski definition) is 2. The molecule has 2 aromatic rings. The Morgan fingerprint density at radius 3 is 2.90 bits per heavy atom. The minimum atomic E-state index is -0.215. The van der Waals surface area contributed by atoms with Crippen molar-refractivity contribution in [2.75, 3.05) is 23.3 Å². The highest BCUT2D eigenvalue weighted by Gasteiger charge is 2.24. The Kier molecular flexibility index (Phi) is 5.97. The number of allylic oxidation sites excluding steroid dienone is 3. The zero-order valence-electron chi connectivity index (χ0n) is 17.0. The van der Waals surface area contributed by atoms with E-state index >= 15 is 0 Å². The van der Waals surface area contributed by atoms with Crippen molar-refractivity contribution in [1.82, 2.24) is 9.97 Å². The summed E-state index contributed by atoms with van der Waals surface area (Å²) < 4.78 is 6.04. The third-order valence-electron chi connectivity index (χ3n) is 5.27. The van der Waals surface area contributed by atoms with Gasteiger partial charge in [-0.2, -0.15) is 0 Å². The summed E-state index contributed by atoms with van der Waals surface area (Å²) in [6, 6.07) is 7.38. The topological polar surface area (TPSA) is 87.6 Å². The largest absolute Gasteiger partial charge is 0.508 e. The number of aliphatic hydroxyl groups is 1. The summed E-state index contributed by atoms with van der Waals surface area (Å²) in [6.45, 7) is 3.47. The van der Waals surface area contributed by atoms with Gasteiger partial charge in [0.1, 0.15) is 17.7 Å². The van der Waals surface area contributed by atoms with E-state index in [9.17, 15) is 9.90 Å². The van der Waals surface area contributed by atoms with Crippen LogP contribution in [0.4, 0.5) is 11.6 Å². The molecule has 1 fully saturated rings. The SMILES string of the molecule is Cc1ccc(C(=O)Nc2cncc(N3CCCC(OC4=C(O)CCC=C4)C3)n2)cc1. The molecular formula is C23H26N4O3. The monoisotopic (exact) mass is 406 g/mol. The summed E-state index contributed by atoms with van der Waals surface area (Å²) in [5.41, 5.74) is 1.68. The van der Waals surface area contributed by atoms with E-state index in [2.05, 4.69) is 20.2 Å². The quantitative estimate of drug-likeness (QED) is 0.776. The van der Waals surface area contributed by atoms with Crippen LogP contribution in [0.1, 0.15) is 41.6 Å². The van der Waals surface area contributed by atoms with Crippen molar-refractivity contribution in [3.63, 3.8) is 0 Å². The number of carbonyl (C=O) groups excluding carboxylic acids is 1. The van der Waals surface area contributed by atoms with Crippen LogP contribution in [-0.4, -0.2) is 40.2 Å². The number of nitrogens with one attached hydrogen (secondary N) is 1. The number of benzene rings is 1. The van der Waals surface area contributed by atoms with E-state index in [1.165, 1.54) is 0 Å². The fraction of sp³-hybridized carbons (Fsp3) is 0.348. The number of aromatic nitrogens is 2. The summed E-state index contributed by atoms with van der Waals surface area (Å²) in [6.07, 6.45) is 10.4. The minimum Gasteiger partial charge on any atom is -0.508 e. The van der Waals surface area contributed by atoms with E-state index in [0.29, 0.717) is 41.7 Å². The van der Waals surface area contributed by atoms with Gasteiger partial charge in [-0.05, 0) is 44.4 Å². The molecule has 7 heteroatoms. The van der Waals surface area contributed by atoms with E-state index in [0.717, 1.165) is 31.4 Å². The zero-order valence-corrected chi connectivity index (χ0v) is 17.0. The Morgan fingerprint density at radius 2 is 2.10 bits per heavy atom. The molecule has 1 amide bonds. The van der Waals surface area contributed by atoms with Gasteiger partial charge in [-0.3, -0.25) is 9.78 Å². The van der Waals surface area contributed by atoms with Crippen LogP contribution in [0.3, 0.4) is 0 Å². The molecule has 1 unspecified atom stereocenters. The van der Waals surface area contributed by atoms with Crippen LogP contribution in [0.2, 0.25) is 0 Å². The van der Waals surface area contributed by atoms with Gasteiger partial charge in [-0.15, -0.1) is 0 Å². The lowest BCUT2D eigenvalue weighted by Crippen LogP contribution is -2.40. The van der Waals surface area contributed by atoms with Crippen LogP contribution >= 0.6 is 0 Å². The molecule has 1 aromatic heterocycles. The van der Waals surface area contributed by atoms with Crippen LogP contribution in [0.25, 0.3) is 0 Å². The number of nitrogens with zero attached hydrogens (tertiary/aromatic N) is 3. The Bertz CT molecular complexity index is 969. The fourth-order valence-electron chi connectivity index (χ4n) is 3.62. The van der Waals surface area contributed by atoms with Crippen LogP contribution < -0.4 is 10.2 Å². The number of ether oxygens (including phenoxy) is 1. The summed E-state index contributed by atoms with van der Waals surface area (Å²) in [4.78, 5) is 23.4. The maximum Gasteiger partial charge on any atom is 0.256 e. The van der Waals surface area contributed by atoms with Crippen molar-refractivity contribution in [3.05, 3.63) is 71.5 Å². The lowest BCUT2D eigenvalue weighted by atomic mass is 10.1. The van der Waals surface area contributed by atoms with Crippen molar-refractivity contribution >= 4 is 17.5 Å². The molecule has 0 saturated carbocycles. The first kappa shape index (κ1) is 19.9. The first-order valence-corrected chi connectivity index (χ1v) is 10.3. The molecule has 1 aromatic carbocycles. The predicted octanol–water partition coefficient (Wildman–Crippen LogP) is 4.14.